The number of carboxylic acids is 1. The lowest BCUT2D eigenvalue weighted by atomic mass is 10.1. The number of aromatic nitrogens is 4. The summed E-state index contributed by atoms with van der Waals surface area (Å²) in [5, 5.41) is 20.0. The van der Waals surface area contributed by atoms with Gasteiger partial charge in [0.05, 0.1) is 18.0 Å². The SMILES string of the molecule is CCC(CC(=O)O)n1nnnc1-c1ccc(Br)cc1F. The Kier molecular flexibility index (Phi) is 4.43. The van der Waals surface area contributed by atoms with Crippen molar-refractivity contribution in [3.05, 3.63) is 28.5 Å². The first-order valence-electron chi connectivity index (χ1n) is 5.98. The van der Waals surface area contributed by atoms with Crippen LogP contribution in [0.5, 0.6) is 0 Å². The lowest BCUT2D eigenvalue weighted by molar-refractivity contribution is -0.138. The summed E-state index contributed by atoms with van der Waals surface area (Å²) in [5.41, 5.74) is 0.238. The Balaban J connectivity index is 2.43. The number of carboxylic acid groups (broad SMARTS) is 1. The van der Waals surface area contributed by atoms with Crippen molar-refractivity contribution in [3.63, 3.8) is 0 Å². The summed E-state index contributed by atoms with van der Waals surface area (Å²) in [5.74, 6) is -1.20. The largest absolute Gasteiger partial charge is 0.481 e. The molecule has 2 aromatic rings. The highest BCUT2D eigenvalue weighted by molar-refractivity contribution is 9.10. The standard InChI is InChI=1S/C12H12BrFN4O2/c1-2-8(6-11(19)20)18-12(15-16-17-18)9-4-3-7(13)5-10(9)14/h3-5,8H,2,6H2,1H3,(H,19,20). The van der Waals surface area contributed by atoms with Gasteiger partial charge in [-0.15, -0.1) is 5.10 Å². The highest BCUT2D eigenvalue weighted by Gasteiger charge is 2.21. The van der Waals surface area contributed by atoms with Crippen LogP contribution in [-0.4, -0.2) is 31.3 Å². The van der Waals surface area contributed by atoms with Crippen molar-refractivity contribution in [2.24, 2.45) is 0 Å². The summed E-state index contributed by atoms with van der Waals surface area (Å²) in [6, 6.07) is 4.12. The molecule has 6 nitrogen and oxygen atoms in total. The van der Waals surface area contributed by atoms with Gasteiger partial charge in [0.15, 0.2) is 5.82 Å². The van der Waals surface area contributed by atoms with Gasteiger partial charge < -0.3 is 5.11 Å². The Labute approximate surface area is 122 Å². The van der Waals surface area contributed by atoms with Gasteiger partial charge >= 0.3 is 5.97 Å². The van der Waals surface area contributed by atoms with E-state index in [1.165, 1.54) is 10.7 Å². The first kappa shape index (κ1) is 14.6. The molecule has 0 saturated heterocycles. The van der Waals surface area contributed by atoms with Crippen molar-refractivity contribution in [1.29, 1.82) is 0 Å². The lowest BCUT2D eigenvalue weighted by Crippen LogP contribution is -2.16. The number of rotatable bonds is 5. The summed E-state index contributed by atoms with van der Waals surface area (Å²) in [6.07, 6.45) is 0.412. The van der Waals surface area contributed by atoms with Crippen molar-refractivity contribution >= 4 is 21.9 Å². The van der Waals surface area contributed by atoms with Gasteiger partial charge in [-0.05, 0) is 35.0 Å². The van der Waals surface area contributed by atoms with Gasteiger partial charge in [-0.3, -0.25) is 4.79 Å². The zero-order valence-corrected chi connectivity index (χ0v) is 12.2. The maximum atomic E-state index is 14.0. The third kappa shape index (κ3) is 3.01. The Bertz CT molecular complexity index is 632. The minimum atomic E-state index is -0.949. The topological polar surface area (TPSA) is 80.9 Å². The van der Waals surface area contributed by atoms with E-state index in [1.54, 1.807) is 12.1 Å². The number of nitrogens with zero attached hydrogens (tertiary/aromatic N) is 4. The Morgan fingerprint density at radius 2 is 2.30 bits per heavy atom. The molecule has 1 atom stereocenters. The summed E-state index contributed by atoms with van der Waals surface area (Å²) in [6.45, 7) is 1.83. The number of tetrazole rings is 1. The molecule has 0 fully saturated rings. The molecule has 8 heteroatoms. The fraction of sp³-hybridized carbons (Fsp3) is 0.333. The van der Waals surface area contributed by atoms with Gasteiger partial charge in [-0.25, -0.2) is 9.07 Å². The number of benzene rings is 1. The fourth-order valence-electron chi connectivity index (χ4n) is 1.89. The van der Waals surface area contributed by atoms with Crippen LogP contribution >= 0.6 is 15.9 Å². The van der Waals surface area contributed by atoms with E-state index in [1.807, 2.05) is 6.92 Å². The van der Waals surface area contributed by atoms with Gasteiger partial charge in [-0.1, -0.05) is 22.9 Å². The molecule has 0 spiro atoms. The van der Waals surface area contributed by atoms with Crippen LogP contribution in [0, 0.1) is 5.82 Å². The average Bonchev–Trinajstić information content (AvgIpc) is 2.84. The minimum absolute atomic E-state index is 0.118. The van der Waals surface area contributed by atoms with Crippen molar-refractivity contribution in [1.82, 2.24) is 20.2 Å². The van der Waals surface area contributed by atoms with Crippen LogP contribution in [0.3, 0.4) is 0 Å². The molecule has 0 radical (unpaired) electrons. The lowest BCUT2D eigenvalue weighted by Gasteiger charge is -2.14. The summed E-state index contributed by atoms with van der Waals surface area (Å²) in [7, 11) is 0. The van der Waals surface area contributed by atoms with Crippen molar-refractivity contribution in [2.75, 3.05) is 0 Å². The molecule has 106 valence electrons. The molecule has 1 N–H and O–H groups in total. The Morgan fingerprint density at radius 1 is 1.55 bits per heavy atom. The summed E-state index contributed by atoms with van der Waals surface area (Å²) < 4.78 is 15.9. The van der Waals surface area contributed by atoms with Crippen LogP contribution in [-0.2, 0) is 4.79 Å². The normalized spacial score (nSPS) is 12.3. The molecular formula is C12H12BrFN4O2. The van der Waals surface area contributed by atoms with E-state index < -0.39 is 17.8 Å². The van der Waals surface area contributed by atoms with Gasteiger partial charge in [0, 0.05) is 4.47 Å². The molecule has 0 amide bonds. The van der Waals surface area contributed by atoms with Crippen LogP contribution in [0.2, 0.25) is 0 Å². The van der Waals surface area contributed by atoms with Crippen LogP contribution in [0.4, 0.5) is 4.39 Å². The number of halogens is 2. The summed E-state index contributed by atoms with van der Waals surface area (Å²) in [4.78, 5) is 10.9. The Morgan fingerprint density at radius 3 is 2.90 bits per heavy atom. The van der Waals surface area contributed by atoms with E-state index in [9.17, 15) is 9.18 Å². The van der Waals surface area contributed by atoms with E-state index in [2.05, 4.69) is 31.5 Å². The van der Waals surface area contributed by atoms with Gasteiger partial charge in [0.2, 0.25) is 0 Å². The maximum Gasteiger partial charge on any atom is 0.305 e. The quantitative estimate of drug-likeness (QED) is 0.903. The zero-order valence-electron chi connectivity index (χ0n) is 10.6. The molecule has 0 bridgehead atoms. The maximum absolute atomic E-state index is 14.0. The molecule has 1 unspecified atom stereocenters. The summed E-state index contributed by atoms with van der Waals surface area (Å²) >= 11 is 3.18. The van der Waals surface area contributed by atoms with Crippen LogP contribution in [0.15, 0.2) is 22.7 Å². The highest BCUT2D eigenvalue weighted by atomic mass is 79.9. The predicted molar refractivity (Wildman–Crippen MR) is 72.5 cm³/mol. The van der Waals surface area contributed by atoms with E-state index in [4.69, 9.17) is 5.11 Å². The number of carbonyl (C=O) groups is 1. The fourth-order valence-corrected chi connectivity index (χ4v) is 2.23. The van der Waals surface area contributed by atoms with E-state index in [0.717, 1.165) is 0 Å². The second kappa shape index (κ2) is 6.08. The molecule has 0 aliphatic carbocycles. The monoisotopic (exact) mass is 342 g/mol. The van der Waals surface area contributed by atoms with Gasteiger partial charge in [0.25, 0.3) is 0 Å². The van der Waals surface area contributed by atoms with Gasteiger partial charge in [-0.2, -0.15) is 0 Å². The van der Waals surface area contributed by atoms with E-state index in [-0.39, 0.29) is 17.8 Å². The molecule has 1 aromatic carbocycles. The van der Waals surface area contributed by atoms with Crippen molar-refractivity contribution in [3.8, 4) is 11.4 Å². The molecule has 0 aliphatic rings. The second-order valence-corrected chi connectivity index (χ2v) is 5.15. The first-order valence-corrected chi connectivity index (χ1v) is 6.77. The minimum Gasteiger partial charge on any atom is -0.481 e. The first-order chi connectivity index (χ1) is 9.52. The molecule has 20 heavy (non-hydrogen) atoms. The van der Waals surface area contributed by atoms with Crippen molar-refractivity contribution < 1.29 is 14.3 Å². The van der Waals surface area contributed by atoms with Crippen LogP contribution < -0.4 is 0 Å². The van der Waals surface area contributed by atoms with Gasteiger partial charge in [0.1, 0.15) is 5.82 Å². The molecule has 1 aromatic heterocycles. The number of hydrogen-bond acceptors (Lipinski definition) is 4. The zero-order chi connectivity index (χ0) is 14.7. The number of hydrogen-bond donors (Lipinski definition) is 1. The molecule has 1 heterocycles. The third-order valence-corrected chi connectivity index (χ3v) is 3.39. The predicted octanol–water partition coefficient (Wildman–Crippen LogP) is 2.67. The third-order valence-electron chi connectivity index (χ3n) is 2.89. The smallest absolute Gasteiger partial charge is 0.305 e. The molecule has 2 rings (SSSR count). The molecular weight excluding hydrogens is 331 g/mol. The van der Waals surface area contributed by atoms with Crippen LogP contribution in [0.1, 0.15) is 25.8 Å². The van der Waals surface area contributed by atoms with E-state index in [0.29, 0.717) is 10.9 Å². The van der Waals surface area contributed by atoms with Crippen molar-refractivity contribution in [2.45, 2.75) is 25.8 Å². The molecule has 0 saturated carbocycles. The highest BCUT2D eigenvalue weighted by Crippen LogP contribution is 2.26. The molecule has 0 aliphatic heterocycles. The van der Waals surface area contributed by atoms with E-state index >= 15 is 0 Å². The Hall–Kier alpha value is -1.83. The number of aliphatic carboxylic acids is 1. The van der Waals surface area contributed by atoms with Crippen LogP contribution in [0.25, 0.3) is 11.4 Å². The average molecular weight is 343 g/mol. The second-order valence-electron chi connectivity index (χ2n) is 4.23.